The lowest BCUT2D eigenvalue weighted by molar-refractivity contribution is -0.124. The number of thioether (sulfide) groups is 1. The van der Waals surface area contributed by atoms with Gasteiger partial charge in [0.25, 0.3) is 0 Å². The van der Waals surface area contributed by atoms with E-state index in [1.165, 1.54) is 50.3 Å². The molecule has 8 rings (SSSR count). The van der Waals surface area contributed by atoms with Crippen molar-refractivity contribution < 1.29 is 4.79 Å². The highest BCUT2D eigenvalue weighted by Gasteiger charge is 2.51. The summed E-state index contributed by atoms with van der Waals surface area (Å²) in [4.78, 5) is 20.1. The molecule has 1 aromatic heterocycles. The Balaban J connectivity index is 1.16. The maximum atomic E-state index is 12.9. The van der Waals surface area contributed by atoms with Gasteiger partial charge in [-0.25, -0.2) is 4.98 Å². The van der Waals surface area contributed by atoms with Gasteiger partial charge in [-0.3, -0.25) is 4.79 Å². The smallest absolute Gasteiger partial charge is 0.230 e. The second-order valence-corrected chi connectivity index (χ2v) is 11.1. The molecule has 5 nitrogen and oxygen atoms in total. The molecule has 29 heavy (non-hydrogen) atoms. The zero-order valence-electron chi connectivity index (χ0n) is 16.8. The maximum Gasteiger partial charge on any atom is 0.230 e. The van der Waals surface area contributed by atoms with Crippen LogP contribution in [0.5, 0.6) is 0 Å². The summed E-state index contributed by atoms with van der Waals surface area (Å²) in [5.41, 5.74) is 2.96. The van der Waals surface area contributed by atoms with Gasteiger partial charge in [0.2, 0.25) is 5.91 Å². The van der Waals surface area contributed by atoms with Gasteiger partial charge in [-0.05, 0) is 75.2 Å². The predicted octanol–water partition coefficient (Wildman–Crippen LogP) is 3.83. The first-order valence-electron chi connectivity index (χ1n) is 11.2. The lowest BCUT2D eigenvalue weighted by Gasteiger charge is -2.56. The van der Waals surface area contributed by atoms with Crippen LogP contribution in [0.4, 0.5) is 5.69 Å². The molecule has 3 aliphatic heterocycles. The Bertz CT molecular complexity index is 864. The molecule has 1 aromatic rings. The lowest BCUT2D eigenvalue weighted by atomic mass is 9.53. The summed E-state index contributed by atoms with van der Waals surface area (Å²) >= 11 is 1.44. The molecule has 4 aliphatic carbocycles. The Kier molecular flexibility index (Phi) is 4.13. The van der Waals surface area contributed by atoms with Crippen LogP contribution >= 0.6 is 11.8 Å². The number of pyridine rings is 1. The summed E-state index contributed by atoms with van der Waals surface area (Å²) in [5, 5.41) is 13.8. The van der Waals surface area contributed by atoms with Crippen LogP contribution in [0.2, 0.25) is 0 Å². The van der Waals surface area contributed by atoms with Gasteiger partial charge < -0.3 is 10.2 Å². The van der Waals surface area contributed by atoms with Crippen LogP contribution in [-0.2, 0) is 4.79 Å². The highest BCUT2D eigenvalue weighted by Crippen LogP contribution is 2.55. The maximum absolute atomic E-state index is 12.9. The quantitative estimate of drug-likeness (QED) is 0.767. The molecule has 0 radical (unpaired) electrons. The van der Waals surface area contributed by atoms with Crippen molar-refractivity contribution >= 4 is 23.4 Å². The summed E-state index contributed by atoms with van der Waals surface area (Å²) in [6, 6.07) is 4.32. The van der Waals surface area contributed by atoms with E-state index in [2.05, 4.69) is 16.3 Å². The van der Waals surface area contributed by atoms with Crippen LogP contribution in [0.1, 0.15) is 68.5 Å². The van der Waals surface area contributed by atoms with Gasteiger partial charge in [0, 0.05) is 24.5 Å². The molecular formula is C23H28N4OS. The van der Waals surface area contributed by atoms with Crippen molar-refractivity contribution in [1.82, 2.24) is 10.3 Å². The van der Waals surface area contributed by atoms with Gasteiger partial charge in [-0.15, -0.1) is 0 Å². The molecule has 1 N–H and O–H groups in total. The van der Waals surface area contributed by atoms with Crippen LogP contribution in [0, 0.1) is 29.1 Å². The number of nitrogens with zero attached hydrogens (tertiary/aromatic N) is 3. The van der Waals surface area contributed by atoms with Crippen molar-refractivity contribution in [2.45, 2.75) is 67.8 Å². The Morgan fingerprint density at radius 1 is 1.21 bits per heavy atom. The second-order valence-electron chi connectivity index (χ2n) is 10.2. The van der Waals surface area contributed by atoms with Gasteiger partial charge in [0.15, 0.2) is 0 Å². The minimum atomic E-state index is 0.0557. The average Bonchev–Trinajstić information content (AvgIpc) is 2.71. The molecule has 1 amide bonds. The van der Waals surface area contributed by atoms with Crippen molar-refractivity contribution in [1.29, 1.82) is 5.26 Å². The van der Waals surface area contributed by atoms with Crippen LogP contribution < -0.4 is 10.2 Å². The van der Waals surface area contributed by atoms with Crippen molar-refractivity contribution in [3.05, 3.63) is 17.3 Å². The standard InChI is InChI=1S/C23H28N4OS/c24-12-18-8-19-21(17-1-3-27(19)4-2-17)25-22(18)29-13-20(28)26-23-9-14-5-15(10-23)7-16(6-14)11-23/h8,14-17H,1-7,9-11,13H2,(H,26,28). The van der Waals surface area contributed by atoms with Gasteiger partial charge >= 0.3 is 0 Å². The van der Waals surface area contributed by atoms with Crippen molar-refractivity contribution in [2.24, 2.45) is 17.8 Å². The SMILES string of the molecule is N#Cc1cc2c(nc1SCC(=O)NC13CC4CC(CC(C4)C1)C3)C1CCN2CC1. The Labute approximate surface area is 176 Å². The van der Waals surface area contributed by atoms with E-state index < -0.39 is 0 Å². The average molecular weight is 409 g/mol. The summed E-state index contributed by atoms with van der Waals surface area (Å²) < 4.78 is 0. The zero-order chi connectivity index (χ0) is 19.6. The molecule has 4 saturated carbocycles. The summed E-state index contributed by atoms with van der Waals surface area (Å²) in [5.74, 6) is 3.47. The van der Waals surface area contributed by atoms with Crippen molar-refractivity contribution in [3.63, 3.8) is 0 Å². The Hall–Kier alpha value is -1.74. The third-order valence-corrected chi connectivity index (χ3v) is 9.11. The Morgan fingerprint density at radius 3 is 2.48 bits per heavy atom. The van der Waals surface area contributed by atoms with E-state index in [0.717, 1.165) is 60.1 Å². The molecule has 0 unspecified atom stereocenters. The van der Waals surface area contributed by atoms with Crippen molar-refractivity contribution in [3.8, 4) is 6.07 Å². The fourth-order valence-corrected chi connectivity index (χ4v) is 8.13. The third-order valence-electron chi connectivity index (χ3n) is 8.12. The van der Waals surface area contributed by atoms with E-state index in [1.54, 1.807) is 0 Å². The van der Waals surface area contributed by atoms with Gasteiger partial charge in [-0.2, -0.15) is 5.26 Å². The number of nitriles is 1. The minimum absolute atomic E-state index is 0.0557. The number of carbonyl (C=O) groups is 1. The fourth-order valence-electron chi connectivity index (χ4n) is 7.37. The first-order chi connectivity index (χ1) is 14.1. The molecule has 6 bridgehead atoms. The van der Waals surface area contributed by atoms with E-state index >= 15 is 0 Å². The summed E-state index contributed by atoms with van der Waals surface area (Å²) in [6.07, 6.45) is 9.98. The fraction of sp³-hybridized carbons (Fsp3) is 0.696. The van der Waals surface area contributed by atoms with Crippen molar-refractivity contribution in [2.75, 3.05) is 23.7 Å². The number of hydrogen-bond donors (Lipinski definition) is 1. The lowest BCUT2D eigenvalue weighted by Crippen LogP contribution is -2.60. The van der Waals surface area contributed by atoms with E-state index in [1.807, 2.05) is 6.07 Å². The number of carbonyl (C=O) groups excluding carboxylic acids is 1. The van der Waals surface area contributed by atoms with Crippen LogP contribution in [0.15, 0.2) is 11.1 Å². The Morgan fingerprint density at radius 2 is 1.86 bits per heavy atom. The van der Waals surface area contributed by atoms with E-state index in [9.17, 15) is 10.1 Å². The molecule has 152 valence electrons. The first kappa shape index (κ1) is 18.1. The number of amides is 1. The number of nitrogens with one attached hydrogen (secondary N) is 1. The van der Waals surface area contributed by atoms with Crippen LogP contribution in [0.3, 0.4) is 0 Å². The molecule has 6 heteroatoms. The first-order valence-corrected chi connectivity index (χ1v) is 12.2. The van der Waals surface area contributed by atoms with Gasteiger partial charge in [0.1, 0.15) is 11.1 Å². The third kappa shape index (κ3) is 3.04. The van der Waals surface area contributed by atoms with E-state index in [0.29, 0.717) is 17.2 Å². The zero-order valence-corrected chi connectivity index (χ0v) is 17.6. The monoisotopic (exact) mass is 408 g/mol. The molecule has 0 atom stereocenters. The van der Waals surface area contributed by atoms with Gasteiger partial charge in [0.05, 0.1) is 22.7 Å². The largest absolute Gasteiger partial charge is 0.370 e. The molecule has 7 aliphatic rings. The van der Waals surface area contributed by atoms with E-state index in [-0.39, 0.29) is 11.4 Å². The number of anilines is 1. The minimum Gasteiger partial charge on any atom is -0.370 e. The molecule has 0 aromatic carbocycles. The van der Waals surface area contributed by atoms with Gasteiger partial charge in [-0.1, -0.05) is 11.8 Å². The summed E-state index contributed by atoms with van der Waals surface area (Å²) in [6.45, 7) is 2.15. The number of piperidine rings is 1. The topological polar surface area (TPSA) is 69.0 Å². The number of aromatic nitrogens is 1. The van der Waals surface area contributed by atoms with Crippen LogP contribution in [0.25, 0.3) is 0 Å². The summed E-state index contributed by atoms with van der Waals surface area (Å²) in [7, 11) is 0. The van der Waals surface area contributed by atoms with E-state index in [4.69, 9.17) is 4.98 Å². The molecule has 4 heterocycles. The predicted molar refractivity (Wildman–Crippen MR) is 113 cm³/mol. The number of rotatable bonds is 4. The highest BCUT2D eigenvalue weighted by atomic mass is 32.2. The molecular weight excluding hydrogens is 380 g/mol. The molecule has 0 spiro atoms. The normalized spacial score (nSPS) is 34.2. The highest BCUT2D eigenvalue weighted by molar-refractivity contribution is 8.00. The molecule has 5 fully saturated rings. The second kappa shape index (κ2) is 6.63. The number of fused-ring (bicyclic) bond motifs is 2. The number of hydrogen-bond acceptors (Lipinski definition) is 5. The molecule has 1 saturated heterocycles. The van der Waals surface area contributed by atoms with Crippen LogP contribution in [-0.4, -0.2) is 35.3 Å².